The Kier molecular flexibility index (Phi) is 9.08. The third kappa shape index (κ3) is 6.84. The van der Waals surface area contributed by atoms with E-state index in [4.69, 9.17) is 4.74 Å². The molecule has 3 aromatic rings. The van der Waals surface area contributed by atoms with Crippen LogP contribution in [0, 0.1) is 39.0 Å². The van der Waals surface area contributed by atoms with Crippen LogP contribution in [0.1, 0.15) is 27.8 Å². The number of amides is 2. The van der Waals surface area contributed by atoms with E-state index in [2.05, 4.69) is 42.5 Å². The van der Waals surface area contributed by atoms with E-state index in [-0.39, 0.29) is 18.1 Å². The van der Waals surface area contributed by atoms with Gasteiger partial charge in [-0.1, -0.05) is 40.2 Å². The second kappa shape index (κ2) is 12.0. The highest BCUT2D eigenvalue weighted by molar-refractivity contribution is 9.11. The van der Waals surface area contributed by atoms with Crippen molar-refractivity contribution in [1.82, 2.24) is 0 Å². The van der Waals surface area contributed by atoms with Crippen LogP contribution in [0.4, 0.5) is 11.4 Å². The number of halogens is 2. The van der Waals surface area contributed by atoms with E-state index in [1.54, 1.807) is 18.2 Å². The molecule has 3 rings (SSSR count). The minimum atomic E-state index is -0.541. The predicted octanol–water partition coefficient (Wildman–Crippen LogP) is 7.01. The Morgan fingerprint density at radius 2 is 1.72 bits per heavy atom. The molecule has 6 nitrogen and oxygen atoms in total. The zero-order chi connectivity index (χ0) is 26.4. The van der Waals surface area contributed by atoms with Crippen LogP contribution >= 0.6 is 31.9 Å². The molecular weight excluding hydrogens is 586 g/mol. The maximum atomic E-state index is 12.9. The molecule has 0 saturated carbocycles. The van der Waals surface area contributed by atoms with Crippen molar-refractivity contribution in [1.29, 1.82) is 5.26 Å². The van der Waals surface area contributed by atoms with Crippen molar-refractivity contribution < 1.29 is 14.3 Å². The van der Waals surface area contributed by atoms with Crippen LogP contribution in [-0.4, -0.2) is 18.4 Å². The molecule has 0 saturated heterocycles. The van der Waals surface area contributed by atoms with Crippen LogP contribution < -0.4 is 15.4 Å². The average molecular weight is 611 g/mol. The molecule has 0 unspecified atom stereocenters. The highest BCUT2D eigenvalue weighted by Gasteiger charge is 2.16. The Morgan fingerprint density at radius 1 is 0.972 bits per heavy atom. The van der Waals surface area contributed by atoms with Gasteiger partial charge in [0.2, 0.25) is 0 Å². The average Bonchev–Trinajstić information content (AvgIpc) is 2.82. The summed E-state index contributed by atoms with van der Waals surface area (Å²) in [6, 6.07) is 16.8. The van der Waals surface area contributed by atoms with Crippen molar-refractivity contribution in [3.8, 4) is 11.8 Å². The highest BCUT2D eigenvalue weighted by atomic mass is 79.9. The molecule has 0 fully saturated rings. The number of rotatable bonds is 7. The quantitative estimate of drug-likeness (QED) is 0.222. The van der Waals surface area contributed by atoms with Crippen LogP contribution in [0.3, 0.4) is 0 Å². The highest BCUT2D eigenvalue weighted by Crippen LogP contribution is 2.34. The van der Waals surface area contributed by atoms with Gasteiger partial charge in [-0.05, 0) is 96.2 Å². The predicted molar refractivity (Wildman–Crippen MR) is 150 cm³/mol. The zero-order valence-electron chi connectivity index (χ0n) is 20.3. The molecule has 2 amide bonds. The maximum Gasteiger partial charge on any atom is 0.266 e. The first-order chi connectivity index (χ1) is 17.1. The summed E-state index contributed by atoms with van der Waals surface area (Å²) in [4.78, 5) is 25.5. The molecule has 0 radical (unpaired) electrons. The lowest BCUT2D eigenvalue weighted by molar-refractivity contribution is -0.118. The third-order valence-electron chi connectivity index (χ3n) is 5.57. The topological polar surface area (TPSA) is 91.2 Å². The summed E-state index contributed by atoms with van der Waals surface area (Å²) in [5.41, 5.74) is 5.63. The lowest BCUT2D eigenvalue weighted by Gasteiger charge is -2.14. The van der Waals surface area contributed by atoms with Crippen LogP contribution in [-0.2, 0) is 9.59 Å². The Morgan fingerprint density at radius 3 is 2.44 bits per heavy atom. The third-order valence-corrected chi connectivity index (χ3v) is 6.62. The monoisotopic (exact) mass is 609 g/mol. The Bertz CT molecular complexity index is 1410. The van der Waals surface area contributed by atoms with Crippen LogP contribution in [0.15, 0.2) is 63.0 Å². The number of hydrogen-bond donors (Lipinski definition) is 2. The van der Waals surface area contributed by atoms with Gasteiger partial charge in [0.05, 0.1) is 4.47 Å². The van der Waals surface area contributed by atoms with Gasteiger partial charge in [-0.3, -0.25) is 9.59 Å². The lowest BCUT2D eigenvalue weighted by atomic mass is 10.1. The van der Waals surface area contributed by atoms with E-state index in [0.29, 0.717) is 31.6 Å². The van der Waals surface area contributed by atoms with Crippen LogP contribution in [0.5, 0.6) is 5.75 Å². The smallest absolute Gasteiger partial charge is 0.266 e. The number of nitrogens with zero attached hydrogens (tertiary/aromatic N) is 1. The van der Waals surface area contributed by atoms with Crippen molar-refractivity contribution in [3.05, 3.63) is 90.9 Å². The molecular formula is C28H25Br2N3O3. The van der Waals surface area contributed by atoms with E-state index in [1.807, 2.05) is 64.1 Å². The molecule has 184 valence electrons. The summed E-state index contributed by atoms with van der Waals surface area (Å²) in [7, 11) is 0. The van der Waals surface area contributed by atoms with Crippen molar-refractivity contribution in [2.24, 2.45) is 0 Å². The second-order valence-electron chi connectivity index (χ2n) is 8.33. The number of nitrogens with one attached hydrogen (secondary N) is 2. The van der Waals surface area contributed by atoms with Gasteiger partial charge in [0.25, 0.3) is 11.8 Å². The van der Waals surface area contributed by atoms with Gasteiger partial charge in [-0.25, -0.2) is 0 Å². The Hall–Kier alpha value is -3.41. The molecule has 3 aromatic carbocycles. The number of benzene rings is 3. The first-order valence-electron chi connectivity index (χ1n) is 11.1. The van der Waals surface area contributed by atoms with E-state index in [1.165, 1.54) is 6.08 Å². The first kappa shape index (κ1) is 27.2. The fraction of sp³-hybridized carbons (Fsp3) is 0.179. The number of nitriles is 1. The van der Waals surface area contributed by atoms with E-state index >= 15 is 0 Å². The summed E-state index contributed by atoms with van der Waals surface area (Å²) >= 11 is 6.89. The number of aryl methyl sites for hydroxylation is 3. The molecule has 0 bridgehead atoms. The maximum absolute atomic E-state index is 12.9. The van der Waals surface area contributed by atoms with E-state index < -0.39 is 5.91 Å². The summed E-state index contributed by atoms with van der Waals surface area (Å²) < 4.78 is 7.11. The zero-order valence-corrected chi connectivity index (χ0v) is 23.5. The van der Waals surface area contributed by atoms with Gasteiger partial charge >= 0.3 is 0 Å². The standard InChI is InChI=1S/C28H25Br2N3O3/c1-16-8-9-18(3)25(10-16)32-26(34)15-36-27-20(12-22(29)13-23(27)30)11-21(14-31)28(35)33-24-7-5-6-17(2)19(24)4/h5-13H,15H2,1-4H3,(H,32,34)(H,33,35)/b21-11-. The minimum absolute atomic E-state index is 0.106. The molecule has 0 atom stereocenters. The van der Waals surface area contributed by atoms with Crippen molar-refractivity contribution in [3.63, 3.8) is 0 Å². The minimum Gasteiger partial charge on any atom is -0.482 e. The first-order valence-corrected chi connectivity index (χ1v) is 12.7. The van der Waals surface area contributed by atoms with Gasteiger partial charge < -0.3 is 15.4 Å². The molecule has 36 heavy (non-hydrogen) atoms. The fourth-order valence-electron chi connectivity index (χ4n) is 3.41. The van der Waals surface area contributed by atoms with Gasteiger partial charge in [0.15, 0.2) is 6.61 Å². The van der Waals surface area contributed by atoms with E-state index in [9.17, 15) is 14.9 Å². The summed E-state index contributed by atoms with van der Waals surface area (Å²) in [6.07, 6.45) is 1.44. The van der Waals surface area contributed by atoms with Gasteiger partial charge in [-0.15, -0.1) is 0 Å². The molecule has 0 spiro atoms. The van der Waals surface area contributed by atoms with Gasteiger partial charge in [0.1, 0.15) is 17.4 Å². The summed E-state index contributed by atoms with van der Waals surface area (Å²) in [6.45, 7) is 7.46. The summed E-state index contributed by atoms with van der Waals surface area (Å²) in [5.74, 6) is -0.538. The van der Waals surface area contributed by atoms with Crippen molar-refractivity contribution >= 4 is 61.1 Å². The SMILES string of the molecule is Cc1ccc(C)c(NC(=O)COc2c(Br)cc(Br)cc2/C=C(/C#N)C(=O)Nc2cccc(C)c2C)c1. The number of ether oxygens (including phenoxy) is 1. The van der Waals surface area contributed by atoms with Crippen LogP contribution in [0.25, 0.3) is 6.08 Å². The molecule has 0 aliphatic rings. The second-order valence-corrected chi connectivity index (χ2v) is 10.1. The molecule has 0 aromatic heterocycles. The Labute approximate surface area is 227 Å². The van der Waals surface area contributed by atoms with Gasteiger partial charge in [-0.2, -0.15) is 5.26 Å². The van der Waals surface area contributed by atoms with Crippen molar-refractivity contribution in [2.75, 3.05) is 17.2 Å². The van der Waals surface area contributed by atoms with Crippen molar-refractivity contribution in [2.45, 2.75) is 27.7 Å². The number of anilines is 2. The molecule has 0 aliphatic heterocycles. The fourth-order valence-corrected chi connectivity index (χ4v) is 4.79. The lowest BCUT2D eigenvalue weighted by Crippen LogP contribution is -2.21. The molecule has 0 heterocycles. The number of carbonyl (C=O) groups is 2. The van der Waals surface area contributed by atoms with Gasteiger partial charge in [0, 0.05) is 21.4 Å². The Balaban J connectivity index is 1.83. The normalized spacial score (nSPS) is 11.0. The van der Waals surface area contributed by atoms with E-state index in [0.717, 1.165) is 22.3 Å². The number of hydrogen-bond acceptors (Lipinski definition) is 4. The van der Waals surface area contributed by atoms with Crippen LogP contribution in [0.2, 0.25) is 0 Å². The molecule has 0 aliphatic carbocycles. The number of carbonyl (C=O) groups excluding carboxylic acids is 2. The molecule has 8 heteroatoms. The molecule has 2 N–H and O–H groups in total. The largest absolute Gasteiger partial charge is 0.482 e. The summed E-state index contributed by atoms with van der Waals surface area (Å²) in [5, 5.41) is 15.4.